The second kappa shape index (κ2) is 8.98. The van der Waals surface area contributed by atoms with E-state index in [1.54, 1.807) is 0 Å². The molecule has 0 atom stereocenters. The molecular weight excluding hydrogens is 220 g/mol. The van der Waals surface area contributed by atoms with E-state index in [2.05, 4.69) is 24.1 Å². The minimum atomic E-state index is -1.01. The summed E-state index contributed by atoms with van der Waals surface area (Å²) in [5.41, 5.74) is 0. The minimum Gasteiger partial charge on any atom is -0.480 e. The maximum absolute atomic E-state index is 11.5. The number of nitrogens with zero attached hydrogens (tertiary/aromatic N) is 1. The third-order valence-corrected chi connectivity index (χ3v) is 2.92. The van der Waals surface area contributed by atoms with Crippen LogP contribution in [0.25, 0.3) is 0 Å². The largest absolute Gasteiger partial charge is 0.480 e. The molecule has 5 nitrogen and oxygen atoms in total. The Hall–Kier alpha value is -1.10. The van der Waals surface area contributed by atoms with Gasteiger partial charge in [-0.3, -0.25) is 14.5 Å². The van der Waals surface area contributed by atoms with Crippen LogP contribution >= 0.6 is 0 Å². The van der Waals surface area contributed by atoms with Gasteiger partial charge in [-0.25, -0.2) is 0 Å². The van der Waals surface area contributed by atoms with Crippen LogP contribution in [0.15, 0.2) is 0 Å². The fourth-order valence-corrected chi connectivity index (χ4v) is 1.65. The third-order valence-electron chi connectivity index (χ3n) is 2.92. The maximum atomic E-state index is 11.5. The zero-order chi connectivity index (χ0) is 13.3. The van der Waals surface area contributed by atoms with E-state index in [0.29, 0.717) is 5.92 Å². The number of amides is 1. The Morgan fingerprint density at radius 1 is 1.24 bits per heavy atom. The molecule has 0 radical (unpaired) electrons. The van der Waals surface area contributed by atoms with Gasteiger partial charge in [0, 0.05) is 6.54 Å². The Labute approximate surface area is 103 Å². The summed E-state index contributed by atoms with van der Waals surface area (Å²) in [4.78, 5) is 23.8. The highest BCUT2D eigenvalue weighted by molar-refractivity contribution is 5.82. The van der Waals surface area contributed by atoms with Crippen molar-refractivity contribution in [3.8, 4) is 0 Å². The van der Waals surface area contributed by atoms with Gasteiger partial charge in [-0.15, -0.1) is 0 Å². The van der Waals surface area contributed by atoms with Gasteiger partial charge in [-0.2, -0.15) is 0 Å². The van der Waals surface area contributed by atoms with Crippen LogP contribution in [0.1, 0.15) is 33.6 Å². The molecule has 0 aromatic rings. The summed E-state index contributed by atoms with van der Waals surface area (Å²) in [6.07, 6.45) is 2.20. The molecule has 0 saturated heterocycles. The van der Waals surface area contributed by atoms with E-state index in [0.717, 1.165) is 25.9 Å². The Balaban J connectivity index is 4.02. The number of hydrogen-bond acceptors (Lipinski definition) is 3. The predicted octanol–water partition coefficient (Wildman–Crippen LogP) is 0.945. The van der Waals surface area contributed by atoms with Crippen molar-refractivity contribution in [2.24, 2.45) is 5.92 Å². The normalized spacial score (nSPS) is 10.9. The topological polar surface area (TPSA) is 69.6 Å². The monoisotopic (exact) mass is 244 g/mol. The van der Waals surface area contributed by atoms with Gasteiger partial charge in [-0.1, -0.05) is 33.6 Å². The summed E-state index contributed by atoms with van der Waals surface area (Å²) >= 11 is 0. The summed E-state index contributed by atoms with van der Waals surface area (Å²) in [5, 5.41) is 10.8. The summed E-state index contributed by atoms with van der Waals surface area (Å²) in [7, 11) is 0. The number of carboxylic acids is 1. The van der Waals surface area contributed by atoms with Crippen LogP contribution in [0.5, 0.6) is 0 Å². The summed E-state index contributed by atoms with van der Waals surface area (Å²) in [6.45, 7) is 7.97. The quantitative estimate of drug-likeness (QED) is 0.633. The Morgan fingerprint density at radius 3 is 2.24 bits per heavy atom. The molecule has 100 valence electrons. The van der Waals surface area contributed by atoms with E-state index < -0.39 is 5.97 Å². The van der Waals surface area contributed by atoms with Crippen molar-refractivity contribution in [3.05, 3.63) is 0 Å². The molecule has 0 bridgehead atoms. The number of carboxylic acid groups (broad SMARTS) is 1. The maximum Gasteiger partial charge on any atom is 0.322 e. The van der Waals surface area contributed by atoms with Crippen LogP contribution in [0.4, 0.5) is 0 Å². The first kappa shape index (κ1) is 15.9. The van der Waals surface area contributed by atoms with Crippen molar-refractivity contribution in [2.75, 3.05) is 26.2 Å². The number of nitrogens with one attached hydrogen (secondary N) is 1. The summed E-state index contributed by atoms with van der Waals surface area (Å²) < 4.78 is 0. The first-order valence-electron chi connectivity index (χ1n) is 6.24. The molecule has 0 aliphatic carbocycles. The number of carbonyl (C=O) groups excluding carboxylic acids is 1. The van der Waals surface area contributed by atoms with E-state index in [1.807, 2.05) is 6.92 Å². The molecule has 0 aromatic carbocycles. The zero-order valence-corrected chi connectivity index (χ0v) is 11.0. The molecule has 0 spiro atoms. The average Bonchev–Trinajstić information content (AvgIpc) is 2.31. The molecule has 0 aromatic heterocycles. The van der Waals surface area contributed by atoms with Crippen molar-refractivity contribution in [3.63, 3.8) is 0 Å². The van der Waals surface area contributed by atoms with Crippen molar-refractivity contribution >= 4 is 11.9 Å². The second-order valence-electron chi connectivity index (χ2n) is 4.18. The fourth-order valence-electron chi connectivity index (χ4n) is 1.65. The standard InChI is InChI=1S/C12H24N2O3/c1-4-10(5-2)8-14(6-3)9-11(15)13-7-12(16)17/h10H,4-9H2,1-3H3,(H,13,15)(H,16,17). The molecule has 1 amide bonds. The lowest BCUT2D eigenvalue weighted by Crippen LogP contribution is -2.41. The molecule has 17 heavy (non-hydrogen) atoms. The zero-order valence-electron chi connectivity index (χ0n) is 11.0. The van der Waals surface area contributed by atoms with Gasteiger partial charge < -0.3 is 10.4 Å². The number of aliphatic carboxylic acids is 1. The lowest BCUT2D eigenvalue weighted by atomic mass is 10.0. The van der Waals surface area contributed by atoms with Crippen molar-refractivity contribution in [1.29, 1.82) is 0 Å². The van der Waals surface area contributed by atoms with E-state index in [4.69, 9.17) is 5.11 Å². The van der Waals surface area contributed by atoms with E-state index in [1.165, 1.54) is 0 Å². The van der Waals surface area contributed by atoms with E-state index >= 15 is 0 Å². The smallest absolute Gasteiger partial charge is 0.322 e. The molecule has 0 saturated carbocycles. The van der Waals surface area contributed by atoms with Gasteiger partial charge >= 0.3 is 5.97 Å². The SMILES string of the molecule is CCC(CC)CN(CC)CC(=O)NCC(=O)O. The highest BCUT2D eigenvalue weighted by Gasteiger charge is 2.13. The van der Waals surface area contributed by atoms with Crippen LogP contribution in [0, 0.1) is 5.92 Å². The highest BCUT2D eigenvalue weighted by Crippen LogP contribution is 2.09. The Morgan fingerprint density at radius 2 is 1.82 bits per heavy atom. The molecule has 0 unspecified atom stereocenters. The molecular formula is C12H24N2O3. The van der Waals surface area contributed by atoms with Gasteiger partial charge in [0.05, 0.1) is 6.54 Å². The van der Waals surface area contributed by atoms with Crippen LogP contribution < -0.4 is 5.32 Å². The molecule has 0 heterocycles. The molecule has 0 aliphatic rings. The van der Waals surface area contributed by atoms with Gasteiger partial charge in [0.1, 0.15) is 6.54 Å². The summed E-state index contributed by atoms with van der Waals surface area (Å²) in [6, 6.07) is 0. The number of carbonyl (C=O) groups is 2. The summed E-state index contributed by atoms with van der Waals surface area (Å²) in [5.74, 6) is -0.635. The van der Waals surface area contributed by atoms with Crippen LogP contribution in [0.3, 0.4) is 0 Å². The molecule has 5 heteroatoms. The fraction of sp³-hybridized carbons (Fsp3) is 0.833. The Kier molecular flexibility index (Phi) is 8.40. The first-order chi connectivity index (χ1) is 8.03. The number of rotatable bonds is 9. The van der Waals surface area contributed by atoms with Gasteiger partial charge in [0.2, 0.25) is 5.91 Å². The van der Waals surface area contributed by atoms with Crippen molar-refractivity contribution in [1.82, 2.24) is 10.2 Å². The van der Waals surface area contributed by atoms with Crippen LogP contribution in [-0.4, -0.2) is 48.1 Å². The highest BCUT2D eigenvalue weighted by atomic mass is 16.4. The van der Waals surface area contributed by atoms with Gasteiger partial charge in [0.25, 0.3) is 0 Å². The van der Waals surface area contributed by atoms with Crippen LogP contribution in [-0.2, 0) is 9.59 Å². The van der Waals surface area contributed by atoms with Crippen molar-refractivity contribution in [2.45, 2.75) is 33.6 Å². The van der Waals surface area contributed by atoms with Gasteiger partial charge in [-0.05, 0) is 12.5 Å². The molecule has 2 N–H and O–H groups in total. The lowest BCUT2D eigenvalue weighted by molar-refractivity contribution is -0.138. The van der Waals surface area contributed by atoms with E-state index in [-0.39, 0.29) is 19.0 Å². The lowest BCUT2D eigenvalue weighted by Gasteiger charge is -2.24. The first-order valence-corrected chi connectivity index (χ1v) is 6.24. The number of likely N-dealkylation sites (N-methyl/N-ethyl adjacent to an activating group) is 1. The minimum absolute atomic E-state index is 0.222. The molecule has 0 fully saturated rings. The predicted molar refractivity (Wildman–Crippen MR) is 66.8 cm³/mol. The van der Waals surface area contributed by atoms with Gasteiger partial charge in [0.15, 0.2) is 0 Å². The third kappa shape index (κ3) is 7.74. The number of hydrogen-bond donors (Lipinski definition) is 2. The average molecular weight is 244 g/mol. The molecule has 0 aliphatic heterocycles. The molecule has 0 rings (SSSR count). The Bertz CT molecular complexity index is 240. The second-order valence-corrected chi connectivity index (χ2v) is 4.18. The van der Waals surface area contributed by atoms with Crippen molar-refractivity contribution < 1.29 is 14.7 Å². The van der Waals surface area contributed by atoms with Crippen LogP contribution in [0.2, 0.25) is 0 Å². The van der Waals surface area contributed by atoms with E-state index in [9.17, 15) is 9.59 Å².